The van der Waals surface area contributed by atoms with E-state index in [1.807, 2.05) is 6.26 Å². The SMILES string of the molecule is CCOC(=O)C=C(CN)SC. The molecule has 0 aromatic carbocycles. The summed E-state index contributed by atoms with van der Waals surface area (Å²) in [6.45, 7) is 2.56. The second-order valence-corrected chi connectivity index (χ2v) is 2.70. The van der Waals surface area contributed by atoms with E-state index in [1.54, 1.807) is 6.92 Å². The molecule has 0 aromatic rings. The van der Waals surface area contributed by atoms with Gasteiger partial charge in [-0.1, -0.05) is 0 Å². The number of hydrogen-bond donors (Lipinski definition) is 1. The van der Waals surface area contributed by atoms with E-state index in [9.17, 15) is 4.79 Å². The largest absolute Gasteiger partial charge is 0.463 e. The van der Waals surface area contributed by atoms with Crippen molar-refractivity contribution in [1.29, 1.82) is 0 Å². The third-order valence-electron chi connectivity index (χ3n) is 1.03. The standard InChI is InChI=1S/C7H13NO2S/c1-3-10-7(9)4-6(5-8)11-2/h4H,3,5,8H2,1-2H3. The van der Waals surface area contributed by atoms with Crippen LogP contribution in [0.4, 0.5) is 0 Å². The molecule has 0 atom stereocenters. The van der Waals surface area contributed by atoms with Gasteiger partial charge in [-0.15, -0.1) is 11.8 Å². The molecule has 2 N–H and O–H groups in total. The smallest absolute Gasteiger partial charge is 0.331 e. The molecule has 0 radical (unpaired) electrons. The molecule has 0 saturated carbocycles. The van der Waals surface area contributed by atoms with Crippen LogP contribution < -0.4 is 5.73 Å². The lowest BCUT2D eigenvalue weighted by atomic mass is 10.5. The fourth-order valence-corrected chi connectivity index (χ4v) is 0.897. The van der Waals surface area contributed by atoms with Gasteiger partial charge in [-0.25, -0.2) is 4.79 Å². The molecule has 64 valence electrons. The van der Waals surface area contributed by atoms with Gasteiger partial charge in [-0.05, 0) is 13.2 Å². The van der Waals surface area contributed by atoms with Gasteiger partial charge in [0.15, 0.2) is 0 Å². The minimum atomic E-state index is -0.317. The van der Waals surface area contributed by atoms with Crippen LogP contribution in [0.2, 0.25) is 0 Å². The minimum Gasteiger partial charge on any atom is -0.463 e. The summed E-state index contributed by atoms with van der Waals surface area (Å²) < 4.78 is 4.69. The van der Waals surface area contributed by atoms with Gasteiger partial charge < -0.3 is 10.5 Å². The predicted octanol–water partition coefficient (Wildman–Crippen LogP) is 0.755. The highest BCUT2D eigenvalue weighted by molar-refractivity contribution is 8.02. The Morgan fingerprint density at radius 1 is 1.73 bits per heavy atom. The first-order chi connectivity index (χ1) is 5.24. The first-order valence-corrected chi connectivity index (χ1v) is 4.58. The fourth-order valence-electron chi connectivity index (χ4n) is 0.517. The van der Waals surface area contributed by atoms with E-state index in [1.165, 1.54) is 17.8 Å². The zero-order valence-corrected chi connectivity index (χ0v) is 7.61. The lowest BCUT2D eigenvalue weighted by Gasteiger charge is -1.99. The molecule has 0 aromatic heterocycles. The topological polar surface area (TPSA) is 52.3 Å². The van der Waals surface area contributed by atoms with Crippen LogP contribution in [0.25, 0.3) is 0 Å². The van der Waals surface area contributed by atoms with E-state index in [0.717, 1.165) is 4.91 Å². The Balaban J connectivity index is 3.93. The number of thioether (sulfide) groups is 1. The summed E-state index contributed by atoms with van der Waals surface area (Å²) in [6.07, 6.45) is 3.30. The molecule has 0 unspecified atom stereocenters. The van der Waals surface area contributed by atoms with E-state index in [2.05, 4.69) is 0 Å². The van der Waals surface area contributed by atoms with Crippen LogP contribution in [-0.4, -0.2) is 25.4 Å². The van der Waals surface area contributed by atoms with Gasteiger partial charge in [0.25, 0.3) is 0 Å². The number of esters is 1. The van der Waals surface area contributed by atoms with Crippen LogP contribution in [0.15, 0.2) is 11.0 Å². The van der Waals surface area contributed by atoms with E-state index in [0.29, 0.717) is 13.2 Å². The Bertz CT molecular complexity index is 151. The number of ether oxygens (including phenoxy) is 1. The number of rotatable bonds is 4. The van der Waals surface area contributed by atoms with Gasteiger partial charge in [0, 0.05) is 17.5 Å². The van der Waals surface area contributed by atoms with Crippen molar-refractivity contribution < 1.29 is 9.53 Å². The van der Waals surface area contributed by atoms with Crippen molar-refractivity contribution >= 4 is 17.7 Å². The molecule has 0 saturated heterocycles. The van der Waals surface area contributed by atoms with Crippen molar-refractivity contribution in [1.82, 2.24) is 0 Å². The van der Waals surface area contributed by atoms with Crippen molar-refractivity contribution in [2.24, 2.45) is 5.73 Å². The van der Waals surface area contributed by atoms with Gasteiger partial charge in [-0.2, -0.15) is 0 Å². The Morgan fingerprint density at radius 3 is 2.73 bits per heavy atom. The lowest BCUT2D eigenvalue weighted by Crippen LogP contribution is -2.05. The highest BCUT2D eigenvalue weighted by atomic mass is 32.2. The maximum atomic E-state index is 10.8. The second kappa shape index (κ2) is 6.24. The average molecular weight is 175 g/mol. The molecular weight excluding hydrogens is 162 g/mol. The number of nitrogens with two attached hydrogens (primary N) is 1. The monoisotopic (exact) mass is 175 g/mol. The molecule has 11 heavy (non-hydrogen) atoms. The zero-order valence-electron chi connectivity index (χ0n) is 6.79. The van der Waals surface area contributed by atoms with Gasteiger partial charge >= 0.3 is 5.97 Å². The van der Waals surface area contributed by atoms with E-state index >= 15 is 0 Å². The van der Waals surface area contributed by atoms with Crippen LogP contribution in [0.5, 0.6) is 0 Å². The molecule has 0 heterocycles. The summed E-state index contributed by atoms with van der Waals surface area (Å²) in [5.41, 5.74) is 5.33. The summed E-state index contributed by atoms with van der Waals surface area (Å²) in [7, 11) is 0. The van der Waals surface area contributed by atoms with Crippen molar-refractivity contribution in [3.8, 4) is 0 Å². The van der Waals surface area contributed by atoms with Gasteiger partial charge in [0.1, 0.15) is 0 Å². The summed E-state index contributed by atoms with van der Waals surface area (Å²) in [4.78, 5) is 11.6. The third-order valence-corrected chi connectivity index (χ3v) is 1.84. The molecule has 0 rings (SSSR count). The second-order valence-electron chi connectivity index (χ2n) is 1.77. The molecule has 0 aliphatic carbocycles. The van der Waals surface area contributed by atoms with Crippen molar-refractivity contribution in [3.05, 3.63) is 11.0 Å². The Hall–Kier alpha value is -0.480. The van der Waals surface area contributed by atoms with Gasteiger partial charge in [0.05, 0.1) is 6.61 Å². The fraction of sp³-hybridized carbons (Fsp3) is 0.571. The molecule has 0 aliphatic rings. The highest BCUT2D eigenvalue weighted by Gasteiger charge is 1.98. The Kier molecular flexibility index (Phi) is 5.97. The van der Waals surface area contributed by atoms with Crippen LogP contribution in [0.3, 0.4) is 0 Å². The number of hydrogen-bond acceptors (Lipinski definition) is 4. The quantitative estimate of drug-likeness (QED) is 0.506. The maximum Gasteiger partial charge on any atom is 0.331 e. The van der Waals surface area contributed by atoms with Crippen LogP contribution in [0, 0.1) is 0 Å². The molecule has 0 bridgehead atoms. The molecule has 0 fully saturated rings. The molecule has 0 aliphatic heterocycles. The maximum absolute atomic E-state index is 10.8. The Morgan fingerprint density at radius 2 is 2.36 bits per heavy atom. The van der Waals surface area contributed by atoms with Crippen molar-refractivity contribution in [3.63, 3.8) is 0 Å². The number of carbonyl (C=O) groups excluding carboxylic acids is 1. The van der Waals surface area contributed by atoms with E-state index in [-0.39, 0.29) is 5.97 Å². The highest BCUT2D eigenvalue weighted by Crippen LogP contribution is 2.08. The van der Waals surface area contributed by atoms with Gasteiger partial charge in [0.2, 0.25) is 0 Å². The van der Waals surface area contributed by atoms with Crippen LogP contribution >= 0.6 is 11.8 Å². The summed E-state index contributed by atoms with van der Waals surface area (Å²) in [5, 5.41) is 0. The van der Waals surface area contributed by atoms with Crippen LogP contribution in [0.1, 0.15) is 6.92 Å². The molecule has 0 amide bonds. The zero-order chi connectivity index (χ0) is 8.69. The summed E-state index contributed by atoms with van der Waals surface area (Å²) in [5.74, 6) is -0.317. The van der Waals surface area contributed by atoms with Crippen LogP contribution in [-0.2, 0) is 9.53 Å². The van der Waals surface area contributed by atoms with Gasteiger partial charge in [-0.3, -0.25) is 0 Å². The minimum absolute atomic E-state index is 0.317. The average Bonchev–Trinajstić information content (AvgIpc) is 2.01. The lowest BCUT2D eigenvalue weighted by molar-refractivity contribution is -0.137. The number of carbonyl (C=O) groups is 1. The third kappa shape index (κ3) is 4.86. The van der Waals surface area contributed by atoms with Crippen molar-refractivity contribution in [2.75, 3.05) is 19.4 Å². The molecule has 0 spiro atoms. The first kappa shape index (κ1) is 10.5. The molecule has 4 heteroatoms. The Labute approximate surface area is 71.0 Å². The summed E-state index contributed by atoms with van der Waals surface area (Å²) in [6, 6.07) is 0. The summed E-state index contributed by atoms with van der Waals surface area (Å²) >= 11 is 1.46. The normalized spacial score (nSPS) is 11.4. The van der Waals surface area contributed by atoms with Crippen molar-refractivity contribution in [2.45, 2.75) is 6.92 Å². The first-order valence-electron chi connectivity index (χ1n) is 3.36. The predicted molar refractivity (Wildman–Crippen MR) is 47.3 cm³/mol. The molecule has 3 nitrogen and oxygen atoms in total. The molecular formula is C7H13NO2S. The van der Waals surface area contributed by atoms with E-state index < -0.39 is 0 Å². The van der Waals surface area contributed by atoms with E-state index in [4.69, 9.17) is 10.5 Å².